The van der Waals surface area contributed by atoms with Gasteiger partial charge < -0.3 is 5.32 Å². The van der Waals surface area contributed by atoms with E-state index in [1.165, 1.54) is 10.9 Å². The minimum atomic E-state index is -4.57. The van der Waals surface area contributed by atoms with Crippen LogP contribution in [0.5, 0.6) is 0 Å². The summed E-state index contributed by atoms with van der Waals surface area (Å²) in [4.78, 5) is 8.30. The van der Waals surface area contributed by atoms with E-state index in [4.69, 9.17) is 0 Å². The summed E-state index contributed by atoms with van der Waals surface area (Å²) < 4.78 is 44.5. The zero-order chi connectivity index (χ0) is 23.2. The molecule has 1 N–H and O–H groups in total. The van der Waals surface area contributed by atoms with Crippen molar-refractivity contribution < 1.29 is 13.2 Å². The summed E-state index contributed by atoms with van der Waals surface area (Å²) in [6.07, 6.45) is 3.32. The second-order valence-corrected chi connectivity index (χ2v) is 8.45. The molecule has 4 aromatic heterocycles. The topological polar surface area (TPSA) is 85.8 Å². The van der Waals surface area contributed by atoms with Crippen molar-refractivity contribution in [3.8, 4) is 11.4 Å². The number of aromatic nitrogens is 7. The molecule has 1 aliphatic carbocycles. The zero-order valence-electron chi connectivity index (χ0n) is 18.2. The average Bonchev–Trinajstić information content (AvgIpc) is 3.36. The van der Waals surface area contributed by atoms with Gasteiger partial charge in [0.05, 0.1) is 11.9 Å². The fourth-order valence-electron chi connectivity index (χ4n) is 4.60. The van der Waals surface area contributed by atoms with Crippen LogP contribution in [-0.2, 0) is 13.2 Å². The van der Waals surface area contributed by atoms with Crippen molar-refractivity contribution in [1.29, 1.82) is 0 Å². The molecule has 0 saturated heterocycles. The van der Waals surface area contributed by atoms with Gasteiger partial charge in [-0.1, -0.05) is 12.5 Å². The van der Waals surface area contributed by atoms with E-state index >= 15 is 0 Å². The molecule has 8 nitrogen and oxygen atoms in total. The second-order valence-electron chi connectivity index (χ2n) is 8.45. The van der Waals surface area contributed by atoms with Crippen LogP contribution in [0.3, 0.4) is 0 Å². The van der Waals surface area contributed by atoms with Crippen molar-refractivity contribution in [2.45, 2.75) is 50.7 Å². The van der Waals surface area contributed by atoms with Crippen LogP contribution in [-0.4, -0.2) is 40.4 Å². The highest BCUT2D eigenvalue weighted by Gasteiger charge is 2.37. The van der Waals surface area contributed by atoms with E-state index in [9.17, 15) is 13.2 Å². The third-order valence-electron chi connectivity index (χ3n) is 6.15. The normalized spacial score (nSPS) is 19.2. The molecule has 0 spiro atoms. The summed E-state index contributed by atoms with van der Waals surface area (Å²) in [5.74, 6) is 1.26. The quantitative estimate of drug-likeness (QED) is 0.490. The molecule has 0 amide bonds. The monoisotopic (exact) mass is 456 g/mol. The Morgan fingerprint density at radius 2 is 1.97 bits per heavy atom. The molecule has 2 atom stereocenters. The van der Waals surface area contributed by atoms with Gasteiger partial charge in [-0.2, -0.15) is 18.3 Å². The molecule has 1 fully saturated rings. The number of fused-ring (bicyclic) bond motifs is 1. The van der Waals surface area contributed by atoms with Crippen LogP contribution in [0, 0.1) is 6.92 Å². The zero-order valence-corrected chi connectivity index (χ0v) is 18.2. The second kappa shape index (κ2) is 8.13. The van der Waals surface area contributed by atoms with Crippen molar-refractivity contribution in [2.75, 3.05) is 5.32 Å². The fraction of sp³-hybridized carbons (Fsp3) is 0.409. The Morgan fingerprint density at radius 1 is 1.12 bits per heavy atom. The Hall–Kier alpha value is -3.50. The Balaban J connectivity index is 1.43. The molecule has 172 valence electrons. The maximum Gasteiger partial charge on any atom is 0.420 e. The highest BCUT2D eigenvalue weighted by molar-refractivity contribution is 5.64. The first-order chi connectivity index (χ1) is 15.8. The Bertz CT molecular complexity index is 1270. The number of hydrogen-bond acceptors (Lipinski definition) is 6. The van der Waals surface area contributed by atoms with Crippen LogP contribution in [0.1, 0.15) is 48.6 Å². The number of nitrogens with one attached hydrogen (secondary N) is 1. The van der Waals surface area contributed by atoms with E-state index in [2.05, 4.69) is 30.6 Å². The maximum absolute atomic E-state index is 13.7. The largest absolute Gasteiger partial charge is 0.420 e. The molecule has 5 rings (SSSR count). The van der Waals surface area contributed by atoms with Crippen molar-refractivity contribution in [1.82, 2.24) is 34.3 Å². The highest BCUT2D eigenvalue weighted by atomic mass is 19.4. The number of nitrogens with zero attached hydrogens (tertiary/aromatic N) is 7. The van der Waals surface area contributed by atoms with Crippen LogP contribution in [0.25, 0.3) is 17.0 Å². The summed E-state index contributed by atoms with van der Waals surface area (Å²) >= 11 is 0. The van der Waals surface area contributed by atoms with E-state index < -0.39 is 11.7 Å². The smallest absolute Gasteiger partial charge is 0.351 e. The minimum Gasteiger partial charge on any atom is -0.351 e. The highest BCUT2D eigenvalue weighted by Crippen LogP contribution is 2.38. The summed E-state index contributed by atoms with van der Waals surface area (Å²) in [7, 11) is 1.60. The summed E-state index contributed by atoms with van der Waals surface area (Å²) in [6.45, 7) is 1.71. The molecule has 4 heterocycles. The van der Waals surface area contributed by atoms with E-state index in [-0.39, 0.29) is 23.6 Å². The molecular formula is C22H23F3N8. The lowest BCUT2D eigenvalue weighted by Gasteiger charge is -2.29. The summed E-state index contributed by atoms with van der Waals surface area (Å²) in [5, 5.41) is 16.0. The van der Waals surface area contributed by atoms with Crippen LogP contribution in [0.2, 0.25) is 0 Å². The van der Waals surface area contributed by atoms with Crippen LogP contribution in [0.4, 0.5) is 19.1 Å². The molecule has 1 saturated carbocycles. The molecule has 0 bridgehead atoms. The average molecular weight is 456 g/mol. The van der Waals surface area contributed by atoms with Gasteiger partial charge in [0.15, 0.2) is 5.65 Å². The number of anilines is 1. The number of pyridine rings is 1. The van der Waals surface area contributed by atoms with Gasteiger partial charge in [-0.25, -0.2) is 9.97 Å². The third kappa shape index (κ3) is 4.03. The van der Waals surface area contributed by atoms with Crippen LogP contribution in [0.15, 0.2) is 36.8 Å². The fourth-order valence-corrected chi connectivity index (χ4v) is 4.60. The molecule has 0 aliphatic heterocycles. The molecule has 0 radical (unpaired) electrons. The van der Waals surface area contributed by atoms with Gasteiger partial charge in [0, 0.05) is 31.4 Å². The van der Waals surface area contributed by atoms with Gasteiger partial charge in [-0.3, -0.25) is 9.08 Å². The Labute approximate surface area is 187 Å². The van der Waals surface area contributed by atoms with Gasteiger partial charge in [0.1, 0.15) is 17.1 Å². The molecule has 11 heteroatoms. The molecule has 33 heavy (non-hydrogen) atoms. The van der Waals surface area contributed by atoms with E-state index in [1.54, 1.807) is 14.0 Å². The Morgan fingerprint density at radius 3 is 2.73 bits per heavy atom. The van der Waals surface area contributed by atoms with Crippen LogP contribution < -0.4 is 5.32 Å². The lowest BCUT2D eigenvalue weighted by molar-refractivity contribution is -0.137. The van der Waals surface area contributed by atoms with E-state index in [0.717, 1.165) is 43.4 Å². The van der Waals surface area contributed by atoms with E-state index in [0.29, 0.717) is 11.3 Å². The summed E-state index contributed by atoms with van der Waals surface area (Å²) in [6, 6.07) is 5.78. The predicted octanol–water partition coefficient (Wildman–Crippen LogP) is 4.39. The number of alkyl halides is 3. The van der Waals surface area contributed by atoms with Crippen molar-refractivity contribution in [3.05, 3.63) is 53.7 Å². The van der Waals surface area contributed by atoms with Gasteiger partial charge in [-0.05, 0) is 43.9 Å². The molecule has 0 unspecified atom stereocenters. The first-order valence-corrected chi connectivity index (χ1v) is 10.8. The first kappa shape index (κ1) is 21.4. The summed E-state index contributed by atoms with van der Waals surface area (Å²) in [5.41, 5.74) is 0.683. The number of halogens is 3. The standard InChI is InChI=1S/C22H23F3N8/c1-13-11-27-32(2)19(13)18-16(22(23,24)25)12-26-21(29-18)28-15-7-5-6-14(10-15)20-31-30-17-8-3-4-9-33(17)20/h3-4,8-9,11-12,14-15H,5-7,10H2,1-2H3,(H,26,28,29)/t14-,15+/m0/s1. The Kier molecular flexibility index (Phi) is 5.26. The van der Waals surface area contributed by atoms with Crippen molar-refractivity contribution in [3.63, 3.8) is 0 Å². The molecular weight excluding hydrogens is 433 g/mol. The number of aryl methyl sites for hydroxylation is 2. The maximum atomic E-state index is 13.7. The number of hydrogen-bond donors (Lipinski definition) is 1. The lowest BCUT2D eigenvalue weighted by Crippen LogP contribution is -2.28. The van der Waals surface area contributed by atoms with Crippen molar-refractivity contribution >= 4 is 11.6 Å². The van der Waals surface area contributed by atoms with Crippen molar-refractivity contribution in [2.24, 2.45) is 7.05 Å². The molecule has 0 aromatic carbocycles. The van der Waals surface area contributed by atoms with Gasteiger partial charge in [-0.15, -0.1) is 10.2 Å². The lowest BCUT2D eigenvalue weighted by atomic mass is 9.85. The minimum absolute atomic E-state index is 0.0111. The van der Waals surface area contributed by atoms with Crippen LogP contribution >= 0.6 is 0 Å². The van der Waals surface area contributed by atoms with Gasteiger partial charge >= 0.3 is 6.18 Å². The van der Waals surface area contributed by atoms with Gasteiger partial charge in [0.2, 0.25) is 5.95 Å². The van der Waals surface area contributed by atoms with E-state index in [1.807, 2.05) is 28.8 Å². The predicted molar refractivity (Wildman–Crippen MR) is 116 cm³/mol. The van der Waals surface area contributed by atoms with Gasteiger partial charge in [0.25, 0.3) is 0 Å². The molecule has 1 aliphatic rings. The SMILES string of the molecule is Cc1cnn(C)c1-c1nc(N[C@@H]2CCC[C@H](c3nnc4ccccn34)C2)ncc1C(F)(F)F. The number of rotatable bonds is 4. The third-order valence-corrected chi connectivity index (χ3v) is 6.15. The molecule has 4 aromatic rings. The first-order valence-electron chi connectivity index (χ1n) is 10.8.